The molecule has 1 unspecified atom stereocenters. The first kappa shape index (κ1) is 10.3. The van der Waals surface area contributed by atoms with Gasteiger partial charge in [-0.15, -0.1) is 0 Å². The van der Waals surface area contributed by atoms with E-state index in [1.807, 2.05) is 6.92 Å². The van der Waals surface area contributed by atoms with Gasteiger partial charge in [-0.2, -0.15) is 0 Å². The van der Waals surface area contributed by atoms with Crippen LogP contribution in [0.15, 0.2) is 5.11 Å². The molecule has 1 aliphatic heterocycles. The minimum atomic E-state index is -0.318. The van der Waals surface area contributed by atoms with E-state index in [2.05, 4.69) is 10.0 Å². The third-order valence-electron chi connectivity index (χ3n) is 2.80. The highest BCUT2D eigenvalue weighted by Crippen LogP contribution is 2.35. The number of azide groups is 1. The molecule has 0 aliphatic carbocycles. The fourth-order valence-electron chi connectivity index (χ4n) is 1.63. The van der Waals surface area contributed by atoms with Gasteiger partial charge in [0.25, 0.3) is 0 Å². The van der Waals surface area contributed by atoms with Crippen LogP contribution in [-0.2, 0) is 4.74 Å². The second kappa shape index (κ2) is 4.46. The monoisotopic (exact) mass is 185 g/mol. The van der Waals surface area contributed by atoms with E-state index in [0.29, 0.717) is 13.2 Å². The Morgan fingerprint density at radius 3 is 2.69 bits per heavy atom. The normalized spacial score (nSPS) is 23.2. The van der Waals surface area contributed by atoms with Crippen molar-refractivity contribution in [2.45, 2.75) is 25.8 Å². The first-order valence-corrected chi connectivity index (χ1v) is 4.46. The zero-order valence-corrected chi connectivity index (χ0v) is 7.81. The standard InChI is InChI=1S/C8H15N3O2/c1-8(2-4-13-5-3-8)7(6-12)10-11-9/h7,12H,2-6H2,1H3. The van der Waals surface area contributed by atoms with Crippen LogP contribution in [0.2, 0.25) is 0 Å². The Kier molecular flexibility index (Phi) is 3.54. The lowest BCUT2D eigenvalue weighted by Gasteiger charge is -2.37. The molecule has 1 heterocycles. The van der Waals surface area contributed by atoms with Crippen molar-refractivity contribution < 1.29 is 9.84 Å². The van der Waals surface area contributed by atoms with Gasteiger partial charge < -0.3 is 9.84 Å². The van der Waals surface area contributed by atoms with E-state index in [-0.39, 0.29) is 18.1 Å². The lowest BCUT2D eigenvalue weighted by Crippen LogP contribution is -2.38. The van der Waals surface area contributed by atoms with E-state index >= 15 is 0 Å². The van der Waals surface area contributed by atoms with Gasteiger partial charge in [-0.1, -0.05) is 12.0 Å². The number of rotatable bonds is 3. The molecule has 0 saturated carbocycles. The van der Waals surface area contributed by atoms with Gasteiger partial charge in [0, 0.05) is 18.1 Å². The van der Waals surface area contributed by atoms with Crippen LogP contribution in [-0.4, -0.2) is 31.0 Å². The van der Waals surface area contributed by atoms with Crippen LogP contribution in [0.5, 0.6) is 0 Å². The first-order chi connectivity index (χ1) is 6.23. The summed E-state index contributed by atoms with van der Waals surface area (Å²) in [5.41, 5.74) is 8.23. The van der Waals surface area contributed by atoms with Crippen LogP contribution in [0.1, 0.15) is 19.8 Å². The van der Waals surface area contributed by atoms with E-state index in [1.54, 1.807) is 0 Å². The molecular formula is C8H15N3O2. The van der Waals surface area contributed by atoms with Crippen LogP contribution >= 0.6 is 0 Å². The Hall–Kier alpha value is -0.770. The number of nitrogens with zero attached hydrogens (tertiary/aromatic N) is 3. The van der Waals surface area contributed by atoms with Gasteiger partial charge in [-0.05, 0) is 23.8 Å². The van der Waals surface area contributed by atoms with Gasteiger partial charge in [0.15, 0.2) is 0 Å². The summed E-state index contributed by atoms with van der Waals surface area (Å²) in [6.07, 6.45) is 1.69. The van der Waals surface area contributed by atoms with E-state index < -0.39 is 0 Å². The molecule has 1 fully saturated rings. The summed E-state index contributed by atoms with van der Waals surface area (Å²) in [6.45, 7) is 3.33. The zero-order valence-electron chi connectivity index (χ0n) is 7.81. The number of hydrogen-bond acceptors (Lipinski definition) is 3. The maximum atomic E-state index is 9.07. The molecule has 0 aromatic rings. The summed E-state index contributed by atoms with van der Waals surface area (Å²) >= 11 is 0. The summed E-state index contributed by atoms with van der Waals surface area (Å²) in [4.78, 5) is 2.75. The minimum Gasteiger partial charge on any atom is -0.396 e. The molecule has 0 amide bonds. The summed E-state index contributed by atoms with van der Waals surface area (Å²) in [6, 6.07) is -0.318. The molecule has 1 rings (SSSR count). The smallest absolute Gasteiger partial charge is 0.0660 e. The zero-order chi connectivity index (χ0) is 9.73. The SMILES string of the molecule is CC1(C(CO)N=[N+]=[N-])CCOCC1. The molecule has 1 atom stereocenters. The Bertz CT molecular complexity index is 207. The summed E-state index contributed by atoms with van der Waals surface area (Å²) in [7, 11) is 0. The number of ether oxygens (including phenoxy) is 1. The minimum absolute atomic E-state index is 0.0828. The Balaban J connectivity index is 2.68. The summed E-state index contributed by atoms with van der Waals surface area (Å²) < 4.78 is 5.22. The Labute approximate surface area is 77.3 Å². The van der Waals surface area contributed by atoms with Crippen LogP contribution in [0.25, 0.3) is 10.4 Å². The van der Waals surface area contributed by atoms with Crippen molar-refractivity contribution in [3.63, 3.8) is 0 Å². The third kappa shape index (κ3) is 2.34. The van der Waals surface area contributed by atoms with Gasteiger partial charge in [0.2, 0.25) is 0 Å². The second-order valence-electron chi connectivity index (χ2n) is 3.67. The highest BCUT2D eigenvalue weighted by atomic mass is 16.5. The quantitative estimate of drug-likeness (QED) is 0.410. The van der Waals surface area contributed by atoms with Crippen molar-refractivity contribution in [3.8, 4) is 0 Å². The molecule has 5 nitrogen and oxygen atoms in total. The first-order valence-electron chi connectivity index (χ1n) is 4.46. The van der Waals surface area contributed by atoms with E-state index in [4.69, 9.17) is 15.4 Å². The highest BCUT2D eigenvalue weighted by Gasteiger charge is 2.34. The molecule has 1 N–H and O–H groups in total. The lowest BCUT2D eigenvalue weighted by molar-refractivity contribution is 0.00115. The average molecular weight is 185 g/mol. The Morgan fingerprint density at radius 1 is 1.62 bits per heavy atom. The fraction of sp³-hybridized carbons (Fsp3) is 1.00. The van der Waals surface area contributed by atoms with Crippen molar-refractivity contribution in [1.82, 2.24) is 0 Å². The van der Waals surface area contributed by atoms with Gasteiger partial charge in [0.05, 0.1) is 12.6 Å². The molecule has 0 radical (unpaired) electrons. The molecule has 0 aromatic carbocycles. The van der Waals surface area contributed by atoms with Crippen LogP contribution in [0, 0.1) is 5.41 Å². The Morgan fingerprint density at radius 2 is 2.23 bits per heavy atom. The molecular weight excluding hydrogens is 170 g/mol. The molecule has 0 spiro atoms. The maximum absolute atomic E-state index is 9.07. The molecule has 13 heavy (non-hydrogen) atoms. The largest absolute Gasteiger partial charge is 0.396 e. The van der Waals surface area contributed by atoms with Crippen LogP contribution in [0.4, 0.5) is 0 Å². The molecule has 1 aliphatic rings. The lowest BCUT2D eigenvalue weighted by atomic mass is 9.76. The average Bonchev–Trinajstić information content (AvgIpc) is 2.15. The van der Waals surface area contributed by atoms with Crippen molar-refractivity contribution in [3.05, 3.63) is 10.4 Å². The number of hydrogen-bond donors (Lipinski definition) is 1. The molecule has 1 saturated heterocycles. The number of aliphatic hydroxyl groups is 1. The van der Waals surface area contributed by atoms with E-state index in [0.717, 1.165) is 12.8 Å². The molecule has 74 valence electrons. The van der Waals surface area contributed by atoms with Gasteiger partial charge in [0.1, 0.15) is 0 Å². The molecule has 0 bridgehead atoms. The topological polar surface area (TPSA) is 78.2 Å². The second-order valence-corrected chi connectivity index (χ2v) is 3.67. The predicted molar refractivity (Wildman–Crippen MR) is 48.2 cm³/mol. The van der Waals surface area contributed by atoms with Crippen LogP contribution < -0.4 is 0 Å². The number of aliphatic hydroxyl groups excluding tert-OH is 1. The van der Waals surface area contributed by atoms with Crippen molar-refractivity contribution in [1.29, 1.82) is 0 Å². The molecule has 0 aromatic heterocycles. The predicted octanol–water partition coefficient (Wildman–Crippen LogP) is 1.47. The van der Waals surface area contributed by atoms with Gasteiger partial charge >= 0.3 is 0 Å². The van der Waals surface area contributed by atoms with Crippen molar-refractivity contribution in [2.24, 2.45) is 10.5 Å². The summed E-state index contributed by atoms with van der Waals surface area (Å²) in [5, 5.41) is 12.7. The van der Waals surface area contributed by atoms with Gasteiger partial charge in [-0.25, -0.2) is 0 Å². The summed E-state index contributed by atoms with van der Waals surface area (Å²) in [5.74, 6) is 0. The van der Waals surface area contributed by atoms with E-state index in [1.165, 1.54) is 0 Å². The fourth-order valence-corrected chi connectivity index (χ4v) is 1.63. The maximum Gasteiger partial charge on any atom is 0.0660 e. The third-order valence-corrected chi connectivity index (χ3v) is 2.80. The van der Waals surface area contributed by atoms with Gasteiger partial charge in [-0.3, -0.25) is 0 Å². The highest BCUT2D eigenvalue weighted by molar-refractivity contribution is 4.89. The van der Waals surface area contributed by atoms with Crippen LogP contribution in [0.3, 0.4) is 0 Å². The van der Waals surface area contributed by atoms with Crippen molar-refractivity contribution >= 4 is 0 Å². The van der Waals surface area contributed by atoms with Crippen molar-refractivity contribution in [2.75, 3.05) is 19.8 Å². The van der Waals surface area contributed by atoms with E-state index in [9.17, 15) is 0 Å². The molecule has 5 heteroatoms.